The molecule has 1 rings (SSSR count). The normalized spacial score (nSPS) is 17.4. The van der Waals surface area contributed by atoms with Gasteiger partial charge in [-0.05, 0) is 46.1 Å². The van der Waals surface area contributed by atoms with Crippen LogP contribution in [0.2, 0.25) is 0 Å². The zero-order valence-electron chi connectivity index (χ0n) is 16.6. The molecular weight excluding hydrogens is 340 g/mol. The van der Waals surface area contributed by atoms with Gasteiger partial charge < -0.3 is 24.8 Å². The van der Waals surface area contributed by atoms with Gasteiger partial charge in [-0.3, -0.25) is 9.59 Å². The Labute approximate surface area is 155 Å². The predicted octanol–water partition coefficient (Wildman–Crippen LogP) is 1.88. The number of methoxy groups -OCH3 is 1. The molecule has 0 aromatic heterocycles. The SMILES string of the molecule is COC(=O)N1CC(CCCN[C@H](C(=O)OC(C)(C)C)C(C)C)(C(=O)O)C1. The number of esters is 1. The minimum absolute atomic E-state index is 0.0526. The van der Waals surface area contributed by atoms with Crippen LogP contribution in [0.1, 0.15) is 47.5 Å². The van der Waals surface area contributed by atoms with Gasteiger partial charge in [-0.1, -0.05) is 13.8 Å². The minimum atomic E-state index is -0.935. The van der Waals surface area contributed by atoms with Gasteiger partial charge in [0, 0.05) is 13.1 Å². The number of carboxylic acids is 1. The van der Waals surface area contributed by atoms with Gasteiger partial charge in [-0.25, -0.2) is 4.79 Å². The van der Waals surface area contributed by atoms with Crippen molar-refractivity contribution in [1.82, 2.24) is 10.2 Å². The third-order valence-corrected chi connectivity index (χ3v) is 4.40. The molecule has 8 heteroatoms. The minimum Gasteiger partial charge on any atom is -0.481 e. The van der Waals surface area contributed by atoms with Crippen LogP contribution in [0.3, 0.4) is 0 Å². The van der Waals surface area contributed by atoms with Crippen LogP contribution >= 0.6 is 0 Å². The first-order valence-corrected chi connectivity index (χ1v) is 8.94. The summed E-state index contributed by atoms with van der Waals surface area (Å²) in [6.07, 6.45) is 0.486. The van der Waals surface area contributed by atoms with Crippen molar-refractivity contribution in [3.63, 3.8) is 0 Å². The number of carbonyl (C=O) groups is 3. The largest absolute Gasteiger partial charge is 0.481 e. The lowest BCUT2D eigenvalue weighted by Gasteiger charge is -2.46. The van der Waals surface area contributed by atoms with Crippen molar-refractivity contribution in [3.8, 4) is 0 Å². The molecule has 0 radical (unpaired) electrons. The first kappa shape index (κ1) is 22.2. The summed E-state index contributed by atoms with van der Waals surface area (Å²) < 4.78 is 10.0. The van der Waals surface area contributed by atoms with E-state index in [1.165, 1.54) is 12.0 Å². The number of hydrogen-bond donors (Lipinski definition) is 2. The van der Waals surface area contributed by atoms with Crippen LogP contribution in [-0.4, -0.2) is 66.4 Å². The highest BCUT2D eigenvalue weighted by Crippen LogP contribution is 2.35. The molecule has 0 unspecified atom stereocenters. The van der Waals surface area contributed by atoms with Crippen LogP contribution < -0.4 is 5.32 Å². The molecule has 1 aliphatic rings. The fourth-order valence-electron chi connectivity index (χ4n) is 2.98. The monoisotopic (exact) mass is 372 g/mol. The van der Waals surface area contributed by atoms with Crippen molar-refractivity contribution in [2.75, 3.05) is 26.7 Å². The number of amides is 1. The average Bonchev–Trinajstić information content (AvgIpc) is 2.45. The molecule has 0 spiro atoms. The van der Waals surface area contributed by atoms with Crippen molar-refractivity contribution < 1.29 is 29.0 Å². The summed E-state index contributed by atoms with van der Waals surface area (Å²) in [5.41, 5.74) is -1.49. The highest BCUT2D eigenvalue weighted by molar-refractivity contribution is 5.80. The van der Waals surface area contributed by atoms with E-state index in [0.29, 0.717) is 19.4 Å². The van der Waals surface area contributed by atoms with Gasteiger partial charge in [0.1, 0.15) is 17.1 Å². The van der Waals surface area contributed by atoms with Crippen LogP contribution in [-0.2, 0) is 19.1 Å². The third-order valence-electron chi connectivity index (χ3n) is 4.40. The van der Waals surface area contributed by atoms with Gasteiger partial charge in [-0.2, -0.15) is 0 Å². The number of carboxylic acid groups (broad SMARTS) is 1. The van der Waals surface area contributed by atoms with E-state index in [2.05, 4.69) is 10.1 Å². The number of carbonyl (C=O) groups excluding carboxylic acids is 2. The quantitative estimate of drug-likeness (QED) is 0.495. The number of rotatable bonds is 8. The Kier molecular flexibility index (Phi) is 7.44. The van der Waals surface area contributed by atoms with Crippen LogP contribution in [0.5, 0.6) is 0 Å². The molecule has 0 aliphatic carbocycles. The predicted molar refractivity (Wildman–Crippen MR) is 95.8 cm³/mol. The van der Waals surface area contributed by atoms with E-state index in [4.69, 9.17) is 4.74 Å². The van der Waals surface area contributed by atoms with Crippen LogP contribution in [0, 0.1) is 11.3 Å². The van der Waals surface area contributed by atoms with Crippen LogP contribution in [0.25, 0.3) is 0 Å². The van der Waals surface area contributed by atoms with Crippen molar-refractivity contribution in [1.29, 1.82) is 0 Å². The van der Waals surface area contributed by atoms with Gasteiger partial charge in [0.05, 0.1) is 7.11 Å². The standard InChI is InChI=1S/C18H32N2O6/c1-12(2)13(14(21)26-17(3,4)5)19-9-7-8-18(15(22)23)10-20(11-18)16(24)25-6/h12-13,19H,7-11H2,1-6H3,(H,22,23)/t13-/m0/s1. The summed E-state index contributed by atoms with van der Waals surface area (Å²) in [6, 6.07) is -0.442. The van der Waals surface area contributed by atoms with Crippen molar-refractivity contribution >= 4 is 18.0 Å². The summed E-state index contributed by atoms with van der Waals surface area (Å²) in [7, 11) is 1.27. The zero-order chi connectivity index (χ0) is 20.1. The molecule has 8 nitrogen and oxygen atoms in total. The Hall–Kier alpha value is -1.83. The molecule has 0 aromatic rings. The van der Waals surface area contributed by atoms with Gasteiger partial charge >= 0.3 is 18.0 Å². The molecule has 0 saturated carbocycles. The van der Waals surface area contributed by atoms with Gasteiger partial charge in [0.15, 0.2) is 0 Å². The Balaban J connectivity index is 2.51. The second-order valence-corrected chi connectivity index (χ2v) is 8.22. The molecule has 1 fully saturated rings. The fraction of sp³-hybridized carbons (Fsp3) is 0.833. The number of nitrogens with one attached hydrogen (secondary N) is 1. The Morgan fingerprint density at radius 3 is 2.23 bits per heavy atom. The molecule has 2 N–H and O–H groups in total. The van der Waals surface area contributed by atoms with Gasteiger partial charge in [0.25, 0.3) is 0 Å². The van der Waals surface area contributed by atoms with Gasteiger partial charge in [-0.15, -0.1) is 0 Å². The first-order valence-electron chi connectivity index (χ1n) is 8.94. The van der Waals surface area contributed by atoms with Gasteiger partial charge in [0.2, 0.25) is 0 Å². The smallest absolute Gasteiger partial charge is 0.409 e. The summed E-state index contributed by atoms with van der Waals surface area (Å²) in [6.45, 7) is 10.1. The number of hydrogen-bond acceptors (Lipinski definition) is 6. The second-order valence-electron chi connectivity index (χ2n) is 8.22. The summed E-state index contributed by atoms with van der Waals surface area (Å²) in [5.74, 6) is -1.16. The molecule has 1 amide bonds. The van der Waals surface area contributed by atoms with E-state index < -0.39 is 29.1 Å². The van der Waals surface area contributed by atoms with Crippen LogP contribution in [0.4, 0.5) is 4.79 Å². The van der Waals surface area contributed by atoms with E-state index in [1.54, 1.807) is 0 Å². The van der Waals surface area contributed by atoms with E-state index in [9.17, 15) is 19.5 Å². The summed E-state index contributed by atoms with van der Waals surface area (Å²) in [4.78, 5) is 36.7. The average molecular weight is 372 g/mol. The zero-order valence-corrected chi connectivity index (χ0v) is 16.6. The molecular formula is C18H32N2O6. The second kappa shape index (κ2) is 8.70. The highest BCUT2D eigenvalue weighted by atomic mass is 16.6. The number of likely N-dealkylation sites (tertiary alicyclic amines) is 1. The summed E-state index contributed by atoms with van der Waals surface area (Å²) >= 11 is 0. The molecule has 0 bridgehead atoms. The maximum atomic E-state index is 12.3. The lowest BCUT2D eigenvalue weighted by atomic mass is 9.76. The summed E-state index contributed by atoms with van der Waals surface area (Å²) in [5, 5.41) is 12.7. The maximum absolute atomic E-state index is 12.3. The third kappa shape index (κ3) is 5.86. The molecule has 150 valence electrons. The lowest BCUT2D eigenvalue weighted by Crippen LogP contribution is -2.62. The van der Waals surface area contributed by atoms with Crippen LogP contribution in [0.15, 0.2) is 0 Å². The lowest BCUT2D eigenvalue weighted by molar-refractivity contribution is -0.160. The molecule has 1 aliphatic heterocycles. The Morgan fingerprint density at radius 1 is 1.23 bits per heavy atom. The molecule has 1 saturated heterocycles. The first-order chi connectivity index (χ1) is 11.9. The maximum Gasteiger partial charge on any atom is 0.409 e. The fourth-order valence-corrected chi connectivity index (χ4v) is 2.98. The molecule has 0 aromatic carbocycles. The van der Waals surface area contributed by atoms with Crippen molar-refractivity contribution in [2.45, 2.75) is 59.1 Å². The Morgan fingerprint density at radius 2 is 1.81 bits per heavy atom. The molecule has 1 heterocycles. The van der Waals surface area contributed by atoms with Crippen molar-refractivity contribution in [3.05, 3.63) is 0 Å². The van der Waals surface area contributed by atoms with E-state index in [-0.39, 0.29) is 25.0 Å². The topological polar surface area (TPSA) is 105 Å². The van der Waals surface area contributed by atoms with Crippen molar-refractivity contribution in [2.24, 2.45) is 11.3 Å². The highest BCUT2D eigenvalue weighted by Gasteiger charge is 2.51. The Bertz CT molecular complexity index is 520. The number of ether oxygens (including phenoxy) is 2. The van der Waals surface area contributed by atoms with E-state index in [1.807, 2.05) is 34.6 Å². The van der Waals surface area contributed by atoms with E-state index >= 15 is 0 Å². The molecule has 26 heavy (non-hydrogen) atoms. The number of aliphatic carboxylic acids is 1. The number of nitrogens with zero attached hydrogens (tertiary/aromatic N) is 1. The van der Waals surface area contributed by atoms with E-state index in [0.717, 1.165) is 0 Å². The molecule has 1 atom stereocenters.